The third-order valence-corrected chi connectivity index (χ3v) is 8.26. The van der Waals surface area contributed by atoms with Gasteiger partial charge < -0.3 is 20.9 Å². The standard InChI is InChI=1S/C31H37FN6O3/c1-18-27(29(40)35-23-8-10-25-21(15-23)17-33-37-25)28(36-30(41)34-18)19-7-9-24(32)20(14-19)16-26(39)38-12-5-6-22(11-13-38)31(2,3)4/h7-10,14-15,17,22,28H,5-6,11-13,16H2,1-4H3,(H,33,37)(H,35,40)(H2,34,36,41). The molecule has 1 aromatic heterocycles. The van der Waals surface area contributed by atoms with Gasteiger partial charge in [0, 0.05) is 29.9 Å². The molecule has 1 saturated heterocycles. The summed E-state index contributed by atoms with van der Waals surface area (Å²) in [6.45, 7) is 9.67. The molecule has 0 spiro atoms. The van der Waals surface area contributed by atoms with Crippen molar-refractivity contribution in [2.75, 3.05) is 18.4 Å². The number of urea groups is 1. The van der Waals surface area contributed by atoms with Crippen LogP contribution in [0.3, 0.4) is 0 Å². The van der Waals surface area contributed by atoms with Crippen molar-refractivity contribution in [1.29, 1.82) is 0 Å². The Bertz CT molecular complexity index is 1520. The van der Waals surface area contributed by atoms with E-state index >= 15 is 0 Å². The lowest BCUT2D eigenvalue weighted by Gasteiger charge is -2.30. The van der Waals surface area contributed by atoms with Crippen molar-refractivity contribution >= 4 is 34.4 Å². The van der Waals surface area contributed by atoms with Crippen LogP contribution in [-0.4, -0.2) is 46.0 Å². The number of likely N-dealkylation sites (tertiary alicyclic amines) is 1. The average Bonchev–Trinajstić information content (AvgIpc) is 3.21. The SMILES string of the molecule is CC1=C(C(=O)Nc2ccc3[nH]ncc3c2)C(c2ccc(F)c(CC(=O)N3CCCC(C(C)(C)C)CC3)c2)NC(=O)N1. The number of halogens is 1. The number of amides is 4. The minimum absolute atomic E-state index is 0.0896. The zero-order valence-electron chi connectivity index (χ0n) is 23.9. The molecule has 2 atom stereocenters. The molecule has 0 bridgehead atoms. The van der Waals surface area contributed by atoms with Gasteiger partial charge >= 0.3 is 6.03 Å². The highest BCUT2D eigenvalue weighted by molar-refractivity contribution is 6.07. The third kappa shape index (κ3) is 6.26. The van der Waals surface area contributed by atoms with Gasteiger partial charge in [-0.1, -0.05) is 26.8 Å². The fourth-order valence-electron chi connectivity index (χ4n) is 5.86. The molecule has 2 aliphatic rings. The lowest BCUT2D eigenvalue weighted by molar-refractivity contribution is -0.130. The third-order valence-electron chi connectivity index (χ3n) is 8.26. The van der Waals surface area contributed by atoms with E-state index in [-0.39, 0.29) is 23.3 Å². The van der Waals surface area contributed by atoms with Gasteiger partial charge in [-0.15, -0.1) is 0 Å². The molecule has 2 unspecified atom stereocenters. The first-order chi connectivity index (χ1) is 19.5. The minimum atomic E-state index is -0.832. The predicted octanol–water partition coefficient (Wildman–Crippen LogP) is 5.19. The van der Waals surface area contributed by atoms with E-state index in [2.05, 4.69) is 46.9 Å². The fourth-order valence-corrected chi connectivity index (χ4v) is 5.86. The molecular weight excluding hydrogens is 523 g/mol. The van der Waals surface area contributed by atoms with Crippen molar-refractivity contribution in [1.82, 2.24) is 25.7 Å². The number of anilines is 1. The van der Waals surface area contributed by atoms with Gasteiger partial charge in [-0.2, -0.15) is 5.10 Å². The molecule has 9 nitrogen and oxygen atoms in total. The van der Waals surface area contributed by atoms with Crippen LogP contribution in [0.25, 0.3) is 10.9 Å². The molecule has 216 valence electrons. The Balaban J connectivity index is 1.35. The van der Waals surface area contributed by atoms with E-state index in [1.165, 1.54) is 12.1 Å². The van der Waals surface area contributed by atoms with Crippen LogP contribution in [0, 0.1) is 17.2 Å². The second kappa shape index (κ2) is 11.3. The molecule has 1 fully saturated rings. The number of hydrogen-bond acceptors (Lipinski definition) is 4. The number of aromatic amines is 1. The van der Waals surface area contributed by atoms with Gasteiger partial charge in [-0.3, -0.25) is 14.7 Å². The summed E-state index contributed by atoms with van der Waals surface area (Å²) in [4.78, 5) is 41.0. The molecule has 2 aliphatic heterocycles. The monoisotopic (exact) mass is 560 g/mol. The Labute approximate surface area is 238 Å². The normalized spacial score (nSPS) is 19.9. The molecule has 4 amide bonds. The Morgan fingerprint density at radius 3 is 2.71 bits per heavy atom. The van der Waals surface area contributed by atoms with Gasteiger partial charge in [0.1, 0.15) is 5.82 Å². The van der Waals surface area contributed by atoms with Crippen molar-refractivity contribution in [3.8, 4) is 0 Å². The maximum Gasteiger partial charge on any atom is 0.319 e. The lowest BCUT2D eigenvalue weighted by Crippen LogP contribution is -2.46. The molecule has 5 rings (SSSR count). The van der Waals surface area contributed by atoms with E-state index in [0.717, 1.165) is 30.2 Å². The van der Waals surface area contributed by atoms with Crippen molar-refractivity contribution in [2.45, 2.75) is 59.4 Å². The molecule has 0 saturated carbocycles. The van der Waals surface area contributed by atoms with E-state index in [4.69, 9.17) is 0 Å². The summed E-state index contributed by atoms with van der Waals surface area (Å²) < 4.78 is 15.0. The molecular formula is C31H37FN6O3. The van der Waals surface area contributed by atoms with Crippen LogP contribution < -0.4 is 16.0 Å². The Morgan fingerprint density at radius 1 is 1.12 bits per heavy atom. The van der Waals surface area contributed by atoms with E-state index in [9.17, 15) is 18.8 Å². The van der Waals surface area contributed by atoms with Gasteiger partial charge in [-0.05, 0) is 79.0 Å². The smallest absolute Gasteiger partial charge is 0.319 e. The molecule has 3 heterocycles. The number of nitrogens with zero attached hydrogens (tertiary/aromatic N) is 2. The van der Waals surface area contributed by atoms with Gasteiger partial charge in [0.2, 0.25) is 5.91 Å². The number of fused-ring (bicyclic) bond motifs is 1. The molecule has 0 radical (unpaired) electrons. The van der Waals surface area contributed by atoms with Crippen LogP contribution in [-0.2, 0) is 16.0 Å². The highest BCUT2D eigenvalue weighted by Crippen LogP contribution is 2.35. The first-order valence-electron chi connectivity index (χ1n) is 14.1. The number of benzene rings is 2. The molecule has 41 heavy (non-hydrogen) atoms. The van der Waals surface area contributed by atoms with Gasteiger partial charge in [-0.25, -0.2) is 9.18 Å². The summed E-state index contributed by atoms with van der Waals surface area (Å²) in [5, 5.41) is 16.1. The number of aromatic nitrogens is 2. The van der Waals surface area contributed by atoms with Crippen LogP contribution in [0.1, 0.15) is 64.1 Å². The number of carbonyl (C=O) groups excluding carboxylic acids is 3. The molecule has 0 aliphatic carbocycles. The number of rotatable bonds is 5. The number of hydrogen-bond donors (Lipinski definition) is 4. The zero-order chi connectivity index (χ0) is 29.3. The molecule has 3 aromatic rings. The van der Waals surface area contributed by atoms with Gasteiger partial charge in [0.05, 0.1) is 29.7 Å². The Hall–Kier alpha value is -4.21. The van der Waals surface area contributed by atoms with E-state index in [1.807, 2.05) is 11.0 Å². The summed E-state index contributed by atoms with van der Waals surface area (Å²) in [6, 6.07) is 8.48. The van der Waals surface area contributed by atoms with E-state index < -0.39 is 23.8 Å². The average molecular weight is 561 g/mol. The molecule has 4 N–H and O–H groups in total. The Kier molecular flexibility index (Phi) is 7.84. The first kappa shape index (κ1) is 28.3. The van der Waals surface area contributed by atoms with Crippen molar-refractivity contribution in [2.24, 2.45) is 11.3 Å². The molecule has 10 heteroatoms. The number of H-pyrrole nitrogens is 1. The lowest BCUT2D eigenvalue weighted by atomic mass is 9.77. The summed E-state index contributed by atoms with van der Waals surface area (Å²) in [5.74, 6) is -0.498. The maximum atomic E-state index is 15.0. The van der Waals surface area contributed by atoms with Gasteiger partial charge in [0.25, 0.3) is 5.91 Å². The topological polar surface area (TPSA) is 119 Å². The van der Waals surface area contributed by atoms with Gasteiger partial charge in [0.15, 0.2) is 0 Å². The second-order valence-electron chi connectivity index (χ2n) is 12.1. The van der Waals surface area contributed by atoms with Crippen LogP contribution in [0.5, 0.6) is 0 Å². The number of carbonyl (C=O) groups is 3. The Morgan fingerprint density at radius 2 is 1.93 bits per heavy atom. The van der Waals surface area contributed by atoms with Crippen LogP contribution >= 0.6 is 0 Å². The summed E-state index contributed by atoms with van der Waals surface area (Å²) in [7, 11) is 0. The summed E-state index contributed by atoms with van der Waals surface area (Å²) in [6.07, 6.45) is 4.49. The number of allylic oxidation sites excluding steroid dienone is 1. The van der Waals surface area contributed by atoms with Crippen molar-refractivity contribution in [3.63, 3.8) is 0 Å². The van der Waals surface area contributed by atoms with Crippen molar-refractivity contribution in [3.05, 3.63) is 70.8 Å². The van der Waals surface area contributed by atoms with E-state index in [0.29, 0.717) is 41.5 Å². The minimum Gasteiger partial charge on any atom is -0.342 e. The van der Waals surface area contributed by atoms with Crippen molar-refractivity contribution < 1.29 is 18.8 Å². The zero-order valence-corrected chi connectivity index (χ0v) is 23.9. The van der Waals surface area contributed by atoms with Crippen LogP contribution in [0.15, 0.2) is 53.9 Å². The van der Waals surface area contributed by atoms with Crippen LogP contribution in [0.2, 0.25) is 0 Å². The van der Waals surface area contributed by atoms with Crippen LogP contribution in [0.4, 0.5) is 14.9 Å². The van der Waals surface area contributed by atoms with E-state index in [1.54, 1.807) is 31.3 Å². The second-order valence-corrected chi connectivity index (χ2v) is 12.1. The maximum absolute atomic E-state index is 15.0. The number of nitrogens with one attached hydrogen (secondary N) is 4. The quantitative estimate of drug-likeness (QED) is 0.344. The summed E-state index contributed by atoms with van der Waals surface area (Å²) in [5.41, 5.74) is 3.02. The largest absolute Gasteiger partial charge is 0.342 e. The summed E-state index contributed by atoms with van der Waals surface area (Å²) >= 11 is 0. The fraction of sp³-hybridized carbons (Fsp3) is 0.419. The predicted molar refractivity (Wildman–Crippen MR) is 155 cm³/mol. The first-order valence-corrected chi connectivity index (χ1v) is 14.1. The highest BCUT2D eigenvalue weighted by Gasteiger charge is 2.32. The highest BCUT2D eigenvalue weighted by atomic mass is 19.1. The molecule has 2 aromatic carbocycles.